The van der Waals surface area contributed by atoms with Crippen molar-refractivity contribution >= 4 is 56.2 Å². The summed E-state index contributed by atoms with van der Waals surface area (Å²) in [6.07, 6.45) is 5.19. The van der Waals surface area contributed by atoms with Gasteiger partial charge >= 0.3 is 0 Å². The lowest BCUT2D eigenvalue weighted by atomic mass is 10.1. The molecule has 0 fully saturated rings. The van der Waals surface area contributed by atoms with Crippen molar-refractivity contribution in [3.63, 3.8) is 0 Å². The van der Waals surface area contributed by atoms with E-state index in [2.05, 4.69) is 11.1 Å². The molecule has 0 spiro atoms. The molecule has 1 unspecified atom stereocenters. The molecule has 0 saturated carbocycles. The second-order valence-corrected chi connectivity index (χ2v) is 8.57. The average Bonchev–Trinajstić information content (AvgIpc) is 3.27. The molecule has 4 aromatic rings. The van der Waals surface area contributed by atoms with Gasteiger partial charge in [-0.15, -0.1) is 11.3 Å². The largest absolute Gasteiger partial charge is 0.366 e. The van der Waals surface area contributed by atoms with E-state index in [1.54, 1.807) is 29.9 Å². The molecule has 0 aliphatic heterocycles. The molecule has 2 heterocycles. The number of aromatic nitrogens is 2. The van der Waals surface area contributed by atoms with Crippen molar-refractivity contribution in [2.45, 2.75) is 19.3 Å². The Bertz CT molecular complexity index is 1060. The third-order valence-corrected chi connectivity index (χ3v) is 6.09. The molecule has 0 saturated heterocycles. The van der Waals surface area contributed by atoms with Gasteiger partial charge in [0, 0.05) is 42.6 Å². The Morgan fingerprint density at radius 3 is 2.63 bits per heavy atom. The Morgan fingerprint density at radius 2 is 1.85 bits per heavy atom. The van der Waals surface area contributed by atoms with Crippen molar-refractivity contribution in [3.8, 4) is 0 Å². The van der Waals surface area contributed by atoms with Crippen LogP contribution in [0.25, 0.3) is 10.1 Å². The van der Waals surface area contributed by atoms with Crippen molar-refractivity contribution in [2.24, 2.45) is 0 Å². The first-order valence-electron chi connectivity index (χ1n) is 8.29. The molecular formula is C20H15Cl3N2OS. The van der Waals surface area contributed by atoms with Crippen LogP contribution in [0.15, 0.2) is 61.2 Å². The summed E-state index contributed by atoms with van der Waals surface area (Å²) in [5, 5.41) is 3.06. The first kappa shape index (κ1) is 18.8. The van der Waals surface area contributed by atoms with Gasteiger partial charge in [-0.1, -0.05) is 40.9 Å². The van der Waals surface area contributed by atoms with Crippen LogP contribution in [0.4, 0.5) is 0 Å². The van der Waals surface area contributed by atoms with Crippen LogP contribution in [0.5, 0.6) is 0 Å². The lowest BCUT2D eigenvalue weighted by molar-refractivity contribution is 0.0295. The fourth-order valence-electron chi connectivity index (χ4n) is 2.91. The fourth-order valence-corrected chi connectivity index (χ4v) is 4.59. The predicted octanol–water partition coefficient (Wildman–Crippen LogP) is 7.02. The number of hydrogen-bond acceptors (Lipinski definition) is 3. The quantitative estimate of drug-likeness (QED) is 0.324. The molecule has 0 bridgehead atoms. The van der Waals surface area contributed by atoms with Gasteiger partial charge in [0.2, 0.25) is 0 Å². The van der Waals surface area contributed by atoms with Crippen molar-refractivity contribution in [3.05, 3.63) is 86.7 Å². The van der Waals surface area contributed by atoms with E-state index in [0.717, 1.165) is 20.8 Å². The Balaban J connectivity index is 1.57. The number of imidazole rings is 1. The molecule has 2 aromatic heterocycles. The normalized spacial score (nSPS) is 12.6. The van der Waals surface area contributed by atoms with E-state index in [9.17, 15) is 0 Å². The summed E-state index contributed by atoms with van der Waals surface area (Å²) in [4.78, 5) is 5.24. The lowest BCUT2D eigenvalue weighted by Gasteiger charge is -2.20. The zero-order valence-corrected chi connectivity index (χ0v) is 17.2. The molecular weight excluding hydrogens is 423 g/mol. The summed E-state index contributed by atoms with van der Waals surface area (Å²) < 4.78 is 9.43. The van der Waals surface area contributed by atoms with Crippen LogP contribution in [-0.2, 0) is 17.9 Å². The van der Waals surface area contributed by atoms with Crippen molar-refractivity contribution in [2.75, 3.05) is 0 Å². The van der Waals surface area contributed by atoms with Gasteiger partial charge < -0.3 is 9.30 Å². The van der Waals surface area contributed by atoms with E-state index >= 15 is 0 Å². The summed E-state index contributed by atoms with van der Waals surface area (Å²) >= 11 is 20.3. The highest BCUT2D eigenvalue weighted by Gasteiger charge is 2.17. The minimum absolute atomic E-state index is 0.224. The van der Waals surface area contributed by atoms with E-state index in [0.29, 0.717) is 23.2 Å². The number of benzene rings is 2. The minimum atomic E-state index is -0.224. The Hall–Kier alpha value is -1.56. The van der Waals surface area contributed by atoms with Crippen LogP contribution in [0, 0.1) is 0 Å². The molecule has 2 aromatic carbocycles. The number of ether oxygens (including phenoxy) is 1. The summed E-state index contributed by atoms with van der Waals surface area (Å²) in [6, 6.07) is 13.5. The molecule has 0 amide bonds. The highest BCUT2D eigenvalue weighted by Crippen LogP contribution is 2.33. The van der Waals surface area contributed by atoms with E-state index in [4.69, 9.17) is 39.5 Å². The van der Waals surface area contributed by atoms with E-state index in [1.807, 2.05) is 41.1 Å². The van der Waals surface area contributed by atoms with E-state index in [1.165, 1.54) is 4.70 Å². The molecule has 138 valence electrons. The molecule has 3 nitrogen and oxygen atoms in total. The number of rotatable bonds is 6. The van der Waals surface area contributed by atoms with E-state index in [-0.39, 0.29) is 6.10 Å². The summed E-state index contributed by atoms with van der Waals surface area (Å²) in [5.74, 6) is 0. The Kier molecular flexibility index (Phi) is 5.71. The van der Waals surface area contributed by atoms with Crippen LogP contribution in [-0.4, -0.2) is 9.55 Å². The minimum Gasteiger partial charge on any atom is -0.366 e. The van der Waals surface area contributed by atoms with Gasteiger partial charge in [-0.3, -0.25) is 0 Å². The molecule has 0 aliphatic carbocycles. The zero-order valence-electron chi connectivity index (χ0n) is 14.1. The number of fused-ring (bicyclic) bond motifs is 1. The van der Waals surface area contributed by atoms with Crippen LogP contribution >= 0.6 is 46.1 Å². The third kappa shape index (κ3) is 4.48. The molecule has 7 heteroatoms. The molecule has 1 atom stereocenters. The van der Waals surface area contributed by atoms with Crippen molar-refractivity contribution < 1.29 is 4.74 Å². The van der Waals surface area contributed by atoms with Crippen molar-refractivity contribution in [1.29, 1.82) is 0 Å². The summed E-state index contributed by atoms with van der Waals surface area (Å²) in [6.45, 7) is 1.09. The molecule has 4 rings (SSSR count). The number of thiophene rings is 1. The van der Waals surface area contributed by atoms with Crippen LogP contribution in [0.1, 0.15) is 16.5 Å². The molecule has 27 heavy (non-hydrogen) atoms. The average molecular weight is 438 g/mol. The molecule has 0 N–H and O–H groups in total. The zero-order chi connectivity index (χ0) is 18.8. The SMILES string of the molecule is Clc1ccc(C(Cn2ccnc2)OCc2cc3cc(Cl)ccc3s2)c(Cl)c1. The van der Waals surface area contributed by atoms with Crippen LogP contribution < -0.4 is 0 Å². The number of halogens is 3. The van der Waals surface area contributed by atoms with E-state index < -0.39 is 0 Å². The lowest BCUT2D eigenvalue weighted by Crippen LogP contribution is -2.12. The summed E-state index contributed by atoms with van der Waals surface area (Å²) in [7, 11) is 0. The van der Waals surface area contributed by atoms with Gasteiger partial charge in [-0.25, -0.2) is 4.98 Å². The summed E-state index contributed by atoms with van der Waals surface area (Å²) in [5.41, 5.74) is 0.902. The van der Waals surface area contributed by atoms with Crippen molar-refractivity contribution in [1.82, 2.24) is 9.55 Å². The highest BCUT2D eigenvalue weighted by atomic mass is 35.5. The van der Waals surface area contributed by atoms with Gasteiger partial charge in [0.25, 0.3) is 0 Å². The Morgan fingerprint density at radius 1 is 1.04 bits per heavy atom. The topological polar surface area (TPSA) is 27.1 Å². The van der Waals surface area contributed by atoms with Gasteiger partial charge in [-0.05, 0) is 41.8 Å². The van der Waals surface area contributed by atoms with Crippen LogP contribution in [0.3, 0.4) is 0 Å². The fraction of sp³-hybridized carbons (Fsp3) is 0.150. The third-order valence-electron chi connectivity index (χ3n) is 4.20. The van der Waals surface area contributed by atoms with Gasteiger partial charge in [0.15, 0.2) is 0 Å². The second kappa shape index (κ2) is 8.21. The first-order chi connectivity index (χ1) is 13.1. The molecule has 0 aliphatic rings. The monoisotopic (exact) mass is 436 g/mol. The van der Waals surface area contributed by atoms with Gasteiger partial charge in [0.05, 0.1) is 19.5 Å². The van der Waals surface area contributed by atoms with Crippen LogP contribution in [0.2, 0.25) is 15.1 Å². The Labute approximate surface area is 176 Å². The second-order valence-electron chi connectivity index (χ2n) is 6.12. The highest BCUT2D eigenvalue weighted by molar-refractivity contribution is 7.19. The first-order valence-corrected chi connectivity index (χ1v) is 10.2. The number of hydrogen-bond donors (Lipinski definition) is 0. The molecule has 0 radical (unpaired) electrons. The maximum Gasteiger partial charge on any atom is 0.102 e. The number of nitrogens with zero attached hydrogens (tertiary/aromatic N) is 2. The maximum atomic E-state index is 6.43. The maximum absolute atomic E-state index is 6.43. The van der Waals surface area contributed by atoms with Gasteiger partial charge in [-0.2, -0.15) is 0 Å². The smallest absolute Gasteiger partial charge is 0.102 e. The standard InChI is InChI=1S/C20H15Cl3N2OS/c21-14-2-4-20-13(7-14)8-16(27-20)11-26-19(10-25-6-5-24-12-25)17-3-1-15(22)9-18(17)23/h1-9,12,19H,10-11H2. The van der Waals surface area contributed by atoms with Gasteiger partial charge in [0.1, 0.15) is 6.10 Å². The predicted molar refractivity (Wildman–Crippen MR) is 113 cm³/mol.